The second kappa shape index (κ2) is 9.87. The molecule has 1 amide bonds. The first-order valence-electron chi connectivity index (χ1n) is 8.21. The number of methoxy groups -OCH3 is 1. The van der Waals surface area contributed by atoms with Crippen molar-refractivity contribution in [3.63, 3.8) is 0 Å². The van der Waals surface area contributed by atoms with Crippen LogP contribution in [0.1, 0.15) is 24.0 Å². The Morgan fingerprint density at radius 1 is 1.25 bits per heavy atom. The van der Waals surface area contributed by atoms with Gasteiger partial charge in [-0.05, 0) is 63.0 Å². The van der Waals surface area contributed by atoms with E-state index in [9.17, 15) is 4.79 Å². The molecule has 0 aliphatic carbocycles. The van der Waals surface area contributed by atoms with Crippen LogP contribution < -0.4 is 15.4 Å². The largest absolute Gasteiger partial charge is 0.484 e. The molecular formula is C18H29ClN2O3. The molecule has 1 aromatic rings. The Morgan fingerprint density at radius 2 is 1.96 bits per heavy atom. The smallest absolute Gasteiger partial charge is 0.257 e. The second-order valence-corrected chi connectivity index (χ2v) is 6.49. The number of benzene rings is 1. The van der Waals surface area contributed by atoms with Crippen molar-refractivity contribution in [2.24, 2.45) is 5.41 Å². The van der Waals surface area contributed by atoms with Gasteiger partial charge in [0.2, 0.25) is 0 Å². The molecule has 0 saturated carbocycles. The Kier molecular flexibility index (Phi) is 8.53. The van der Waals surface area contributed by atoms with E-state index in [1.807, 2.05) is 25.1 Å². The summed E-state index contributed by atoms with van der Waals surface area (Å²) in [6.07, 6.45) is 2.03. The fourth-order valence-electron chi connectivity index (χ4n) is 2.93. The van der Waals surface area contributed by atoms with Crippen molar-refractivity contribution in [2.75, 3.05) is 40.0 Å². The van der Waals surface area contributed by atoms with Gasteiger partial charge >= 0.3 is 0 Å². The summed E-state index contributed by atoms with van der Waals surface area (Å²) in [5.41, 5.74) is 2.42. The van der Waals surface area contributed by atoms with Gasteiger partial charge in [0.25, 0.3) is 5.91 Å². The first kappa shape index (κ1) is 20.7. The third-order valence-corrected chi connectivity index (χ3v) is 4.62. The third-order valence-electron chi connectivity index (χ3n) is 4.62. The van der Waals surface area contributed by atoms with Gasteiger partial charge in [-0.3, -0.25) is 4.79 Å². The molecule has 1 aliphatic rings. The summed E-state index contributed by atoms with van der Waals surface area (Å²) in [7, 11) is 1.72. The molecule has 0 unspecified atom stereocenters. The highest BCUT2D eigenvalue weighted by molar-refractivity contribution is 5.85. The molecule has 24 heavy (non-hydrogen) atoms. The van der Waals surface area contributed by atoms with Crippen molar-refractivity contribution in [1.82, 2.24) is 10.6 Å². The van der Waals surface area contributed by atoms with Crippen molar-refractivity contribution in [3.8, 4) is 5.75 Å². The number of hydrogen-bond donors (Lipinski definition) is 2. The number of rotatable bonds is 7. The third kappa shape index (κ3) is 5.96. The van der Waals surface area contributed by atoms with E-state index in [4.69, 9.17) is 9.47 Å². The molecule has 1 saturated heterocycles. The molecule has 1 aromatic carbocycles. The zero-order valence-corrected chi connectivity index (χ0v) is 15.6. The number of piperidine rings is 1. The minimum absolute atomic E-state index is 0. The topological polar surface area (TPSA) is 59.6 Å². The summed E-state index contributed by atoms with van der Waals surface area (Å²) in [5.74, 6) is 0.647. The Labute approximate surface area is 150 Å². The summed E-state index contributed by atoms with van der Waals surface area (Å²) in [4.78, 5) is 12.1. The lowest BCUT2D eigenvalue weighted by atomic mass is 9.79. The molecule has 5 nitrogen and oxygen atoms in total. The first-order chi connectivity index (χ1) is 11.0. The molecule has 2 N–H and O–H groups in total. The maximum atomic E-state index is 12.1. The lowest BCUT2D eigenvalue weighted by molar-refractivity contribution is -0.124. The Morgan fingerprint density at radius 3 is 2.58 bits per heavy atom. The van der Waals surface area contributed by atoms with Crippen molar-refractivity contribution in [2.45, 2.75) is 26.7 Å². The van der Waals surface area contributed by atoms with Crippen LogP contribution in [-0.2, 0) is 9.53 Å². The standard InChI is InChI=1S/C18H28N2O3.ClH/c1-14-4-5-16(10-15(14)2)23-11-17(21)20-12-18(13-22-3)6-8-19-9-7-18;/h4-5,10,19H,6-9,11-13H2,1-3H3,(H,20,21);1H. The molecule has 0 spiro atoms. The SMILES string of the molecule is COCC1(CNC(=O)COc2ccc(C)c(C)c2)CCNCC1.Cl. The zero-order chi connectivity index (χ0) is 16.7. The first-order valence-corrected chi connectivity index (χ1v) is 8.21. The predicted octanol–water partition coefficient (Wildman–Crippen LogP) is 2.24. The number of hydrogen-bond acceptors (Lipinski definition) is 4. The van der Waals surface area contributed by atoms with Crippen LogP contribution in [0.3, 0.4) is 0 Å². The van der Waals surface area contributed by atoms with E-state index < -0.39 is 0 Å². The van der Waals surface area contributed by atoms with Gasteiger partial charge in [0, 0.05) is 19.1 Å². The summed E-state index contributed by atoms with van der Waals surface area (Å²) in [6, 6.07) is 5.86. The van der Waals surface area contributed by atoms with Crippen LogP contribution in [0.15, 0.2) is 18.2 Å². The monoisotopic (exact) mass is 356 g/mol. The minimum Gasteiger partial charge on any atom is -0.484 e. The van der Waals surface area contributed by atoms with Crippen LogP contribution in [0.25, 0.3) is 0 Å². The highest BCUT2D eigenvalue weighted by atomic mass is 35.5. The highest BCUT2D eigenvalue weighted by Crippen LogP contribution is 2.28. The number of nitrogens with one attached hydrogen (secondary N) is 2. The maximum Gasteiger partial charge on any atom is 0.257 e. The van der Waals surface area contributed by atoms with Crippen LogP contribution in [0.2, 0.25) is 0 Å². The van der Waals surface area contributed by atoms with E-state index in [1.54, 1.807) is 7.11 Å². The zero-order valence-electron chi connectivity index (χ0n) is 14.8. The van der Waals surface area contributed by atoms with Crippen LogP contribution in [0.4, 0.5) is 0 Å². The van der Waals surface area contributed by atoms with Gasteiger partial charge in [-0.25, -0.2) is 0 Å². The number of carbonyl (C=O) groups excluding carboxylic acids is 1. The van der Waals surface area contributed by atoms with Crippen molar-refractivity contribution >= 4 is 18.3 Å². The van der Waals surface area contributed by atoms with Gasteiger partial charge in [-0.1, -0.05) is 6.07 Å². The van der Waals surface area contributed by atoms with Gasteiger partial charge in [0.05, 0.1) is 6.61 Å². The number of ether oxygens (including phenoxy) is 2. The lowest BCUT2D eigenvalue weighted by Crippen LogP contribution is -2.47. The Balaban J connectivity index is 0.00000288. The quantitative estimate of drug-likeness (QED) is 0.786. The van der Waals surface area contributed by atoms with E-state index >= 15 is 0 Å². The lowest BCUT2D eigenvalue weighted by Gasteiger charge is -2.37. The molecule has 1 fully saturated rings. The van der Waals surface area contributed by atoms with E-state index in [1.165, 1.54) is 5.56 Å². The molecule has 0 radical (unpaired) electrons. The average molecular weight is 357 g/mol. The molecule has 0 bridgehead atoms. The molecule has 0 atom stereocenters. The van der Waals surface area contributed by atoms with Crippen molar-refractivity contribution < 1.29 is 14.3 Å². The summed E-state index contributed by atoms with van der Waals surface area (Å²) in [5, 5.41) is 6.35. The molecule has 1 aliphatic heterocycles. The molecule has 1 heterocycles. The number of halogens is 1. The van der Waals surface area contributed by atoms with Gasteiger partial charge in [0.1, 0.15) is 5.75 Å². The number of aryl methyl sites for hydroxylation is 2. The molecule has 6 heteroatoms. The Bertz CT molecular complexity index is 525. The fraction of sp³-hybridized carbons (Fsp3) is 0.611. The maximum absolute atomic E-state index is 12.1. The van der Waals surface area contributed by atoms with Crippen molar-refractivity contribution in [1.29, 1.82) is 0 Å². The van der Waals surface area contributed by atoms with Crippen LogP contribution >= 0.6 is 12.4 Å². The van der Waals surface area contributed by atoms with E-state index in [2.05, 4.69) is 17.6 Å². The van der Waals surface area contributed by atoms with Gasteiger partial charge in [-0.15, -0.1) is 12.4 Å². The number of carbonyl (C=O) groups is 1. The fourth-order valence-corrected chi connectivity index (χ4v) is 2.93. The number of amides is 1. The summed E-state index contributed by atoms with van der Waals surface area (Å²) in [6.45, 7) is 7.39. The average Bonchev–Trinajstić information content (AvgIpc) is 2.55. The van der Waals surface area contributed by atoms with E-state index in [0.717, 1.165) is 37.2 Å². The summed E-state index contributed by atoms with van der Waals surface area (Å²) >= 11 is 0. The van der Waals surface area contributed by atoms with E-state index in [0.29, 0.717) is 13.2 Å². The van der Waals surface area contributed by atoms with Gasteiger partial charge in [-0.2, -0.15) is 0 Å². The minimum atomic E-state index is -0.0859. The normalized spacial score (nSPS) is 16.1. The van der Waals surface area contributed by atoms with E-state index in [-0.39, 0.29) is 30.3 Å². The molecule has 136 valence electrons. The van der Waals surface area contributed by atoms with Crippen LogP contribution in [0, 0.1) is 19.3 Å². The van der Waals surface area contributed by atoms with Crippen LogP contribution in [0.5, 0.6) is 5.75 Å². The molecule has 2 rings (SSSR count). The van der Waals surface area contributed by atoms with Gasteiger partial charge in [0.15, 0.2) is 6.61 Å². The van der Waals surface area contributed by atoms with Crippen LogP contribution in [-0.4, -0.2) is 45.9 Å². The summed E-state index contributed by atoms with van der Waals surface area (Å²) < 4.78 is 10.9. The Hall–Kier alpha value is -1.30. The second-order valence-electron chi connectivity index (χ2n) is 6.49. The van der Waals surface area contributed by atoms with Crippen molar-refractivity contribution in [3.05, 3.63) is 29.3 Å². The molecular weight excluding hydrogens is 328 g/mol. The van der Waals surface area contributed by atoms with Gasteiger partial charge < -0.3 is 20.1 Å². The molecule has 0 aromatic heterocycles. The highest BCUT2D eigenvalue weighted by Gasteiger charge is 2.32. The predicted molar refractivity (Wildman–Crippen MR) is 98.1 cm³/mol.